The quantitative estimate of drug-likeness (QED) is 0.675. The molecular formula is C23H26N4O2. The highest BCUT2D eigenvalue weighted by Crippen LogP contribution is 2.47. The summed E-state index contributed by atoms with van der Waals surface area (Å²) in [7, 11) is 1.81. The second-order valence-corrected chi connectivity index (χ2v) is 8.71. The maximum absolute atomic E-state index is 6.14. The van der Waals surface area contributed by atoms with Crippen molar-refractivity contribution in [1.82, 2.24) is 15.0 Å². The number of ether oxygens (including phenoxy) is 2. The molecule has 150 valence electrons. The summed E-state index contributed by atoms with van der Waals surface area (Å²) in [6.07, 6.45) is 6.76. The Labute approximate surface area is 170 Å². The van der Waals surface area contributed by atoms with Crippen molar-refractivity contribution in [3.05, 3.63) is 47.9 Å². The Balaban J connectivity index is 1.36. The Kier molecular flexibility index (Phi) is 4.01. The Morgan fingerprint density at radius 1 is 1.17 bits per heavy atom. The van der Waals surface area contributed by atoms with Crippen molar-refractivity contribution in [2.75, 3.05) is 19.0 Å². The topological polar surface area (TPSA) is 72.1 Å². The number of H-pyrrole nitrogens is 1. The molecule has 1 aliphatic heterocycles. The van der Waals surface area contributed by atoms with E-state index in [9.17, 15) is 0 Å². The third-order valence-electron chi connectivity index (χ3n) is 6.94. The number of anilines is 1. The van der Waals surface area contributed by atoms with Gasteiger partial charge in [0.1, 0.15) is 23.5 Å². The van der Waals surface area contributed by atoms with Crippen LogP contribution in [0, 0.1) is 11.8 Å². The van der Waals surface area contributed by atoms with Crippen molar-refractivity contribution >= 4 is 16.9 Å². The van der Waals surface area contributed by atoms with Gasteiger partial charge >= 0.3 is 0 Å². The van der Waals surface area contributed by atoms with Crippen LogP contribution in [0.2, 0.25) is 0 Å². The minimum Gasteiger partial charge on any atom is -0.493 e. The van der Waals surface area contributed by atoms with Gasteiger partial charge in [-0.15, -0.1) is 0 Å². The van der Waals surface area contributed by atoms with Crippen LogP contribution >= 0.6 is 0 Å². The molecule has 1 aromatic carbocycles. The molecule has 3 heterocycles. The molecule has 29 heavy (non-hydrogen) atoms. The van der Waals surface area contributed by atoms with Gasteiger partial charge in [-0.25, -0.2) is 9.97 Å². The molecule has 0 radical (unpaired) electrons. The van der Waals surface area contributed by atoms with Crippen LogP contribution in [0.1, 0.15) is 48.9 Å². The van der Waals surface area contributed by atoms with Gasteiger partial charge < -0.3 is 19.8 Å². The van der Waals surface area contributed by atoms with Crippen molar-refractivity contribution in [2.24, 2.45) is 11.8 Å². The van der Waals surface area contributed by atoms with Gasteiger partial charge in [-0.05, 0) is 49.7 Å². The van der Waals surface area contributed by atoms with Gasteiger partial charge in [-0.3, -0.25) is 0 Å². The molecule has 0 amide bonds. The monoisotopic (exact) mass is 390 g/mol. The number of rotatable bonds is 5. The zero-order chi connectivity index (χ0) is 19.4. The van der Waals surface area contributed by atoms with Crippen LogP contribution in [0.3, 0.4) is 0 Å². The third-order valence-corrected chi connectivity index (χ3v) is 6.94. The second kappa shape index (κ2) is 6.73. The van der Waals surface area contributed by atoms with Crippen LogP contribution in [0.5, 0.6) is 5.75 Å². The molecule has 0 spiro atoms. The number of nitrogens with one attached hydrogen (secondary N) is 2. The Bertz CT molecular complexity index is 1040. The zero-order valence-electron chi connectivity index (χ0n) is 16.6. The van der Waals surface area contributed by atoms with Crippen molar-refractivity contribution in [3.8, 4) is 5.75 Å². The Morgan fingerprint density at radius 3 is 2.86 bits per heavy atom. The molecule has 2 unspecified atom stereocenters. The summed E-state index contributed by atoms with van der Waals surface area (Å²) in [4.78, 5) is 12.6. The number of methoxy groups -OCH3 is 1. The van der Waals surface area contributed by atoms with E-state index >= 15 is 0 Å². The van der Waals surface area contributed by atoms with Crippen molar-refractivity contribution < 1.29 is 9.47 Å². The normalized spacial score (nSPS) is 28.4. The second-order valence-electron chi connectivity index (χ2n) is 8.71. The van der Waals surface area contributed by atoms with Gasteiger partial charge in [0.25, 0.3) is 0 Å². The lowest BCUT2D eigenvalue weighted by Crippen LogP contribution is -2.43. The van der Waals surface area contributed by atoms with E-state index in [4.69, 9.17) is 9.47 Å². The summed E-state index contributed by atoms with van der Waals surface area (Å²) >= 11 is 0. The molecular weight excluding hydrogens is 364 g/mol. The van der Waals surface area contributed by atoms with Gasteiger partial charge in [0.2, 0.25) is 0 Å². The van der Waals surface area contributed by atoms with Gasteiger partial charge in [0.05, 0.1) is 24.1 Å². The van der Waals surface area contributed by atoms with Crippen LogP contribution in [-0.2, 0) is 4.74 Å². The maximum Gasteiger partial charge on any atom is 0.143 e. The van der Waals surface area contributed by atoms with Crippen LogP contribution in [-0.4, -0.2) is 34.8 Å². The molecule has 2 fully saturated rings. The average molecular weight is 390 g/mol. The molecule has 3 aromatic rings. The van der Waals surface area contributed by atoms with Crippen LogP contribution in [0.25, 0.3) is 11.0 Å². The molecule has 6 rings (SSSR count). The first-order valence-electron chi connectivity index (χ1n) is 10.6. The summed E-state index contributed by atoms with van der Waals surface area (Å²) in [6.45, 7) is 0.727. The predicted octanol–water partition coefficient (Wildman–Crippen LogP) is 4.42. The fourth-order valence-electron chi connectivity index (χ4n) is 4.96. The zero-order valence-corrected chi connectivity index (χ0v) is 16.6. The summed E-state index contributed by atoms with van der Waals surface area (Å²) in [5, 5.41) is 4.88. The SMILES string of the molecule is COC1CC(C2COc3ccccc3C2Nc2ncnc3[nH]c(C4CC4)cc23)C1. The molecule has 3 aliphatic rings. The van der Waals surface area contributed by atoms with Crippen LogP contribution in [0.15, 0.2) is 36.7 Å². The molecule has 0 saturated heterocycles. The predicted molar refractivity (Wildman–Crippen MR) is 111 cm³/mol. The number of hydrogen-bond donors (Lipinski definition) is 2. The van der Waals surface area contributed by atoms with E-state index in [1.165, 1.54) is 24.1 Å². The highest BCUT2D eigenvalue weighted by Gasteiger charge is 2.43. The maximum atomic E-state index is 6.14. The molecule has 2 aromatic heterocycles. The van der Waals surface area contributed by atoms with Crippen molar-refractivity contribution in [1.29, 1.82) is 0 Å². The first-order chi connectivity index (χ1) is 14.3. The first kappa shape index (κ1) is 17.3. The highest BCUT2D eigenvalue weighted by molar-refractivity contribution is 5.88. The number of nitrogens with zero attached hydrogens (tertiary/aromatic N) is 2. The largest absolute Gasteiger partial charge is 0.493 e. The van der Waals surface area contributed by atoms with Gasteiger partial charge in [0.15, 0.2) is 0 Å². The number of hydrogen-bond acceptors (Lipinski definition) is 5. The summed E-state index contributed by atoms with van der Waals surface area (Å²) < 4.78 is 11.7. The van der Waals surface area contributed by atoms with E-state index in [0.717, 1.165) is 42.0 Å². The summed E-state index contributed by atoms with van der Waals surface area (Å²) in [6, 6.07) is 10.8. The molecule has 2 N–H and O–H groups in total. The lowest BCUT2D eigenvalue weighted by molar-refractivity contribution is -0.0354. The van der Waals surface area contributed by atoms with Crippen molar-refractivity contribution in [2.45, 2.75) is 43.7 Å². The average Bonchev–Trinajstić information content (AvgIpc) is 3.47. The van der Waals surface area contributed by atoms with E-state index in [-0.39, 0.29) is 6.04 Å². The molecule has 2 saturated carbocycles. The van der Waals surface area contributed by atoms with Gasteiger partial charge in [-0.1, -0.05) is 18.2 Å². The highest BCUT2D eigenvalue weighted by atomic mass is 16.5. The molecule has 2 aliphatic carbocycles. The van der Waals surface area contributed by atoms with E-state index in [1.807, 2.05) is 13.2 Å². The smallest absolute Gasteiger partial charge is 0.143 e. The molecule has 6 nitrogen and oxygen atoms in total. The van der Waals surface area contributed by atoms with Gasteiger partial charge in [-0.2, -0.15) is 0 Å². The molecule has 0 bridgehead atoms. The Hall–Kier alpha value is -2.60. The summed E-state index contributed by atoms with van der Waals surface area (Å²) in [5.41, 5.74) is 3.42. The molecule has 2 atom stereocenters. The number of para-hydroxylation sites is 1. The minimum absolute atomic E-state index is 0.167. The first-order valence-corrected chi connectivity index (χ1v) is 10.6. The summed E-state index contributed by atoms with van der Waals surface area (Å²) in [5.74, 6) is 3.53. The third kappa shape index (κ3) is 2.97. The van der Waals surface area contributed by atoms with E-state index in [1.54, 1.807) is 6.33 Å². The van der Waals surface area contributed by atoms with E-state index < -0.39 is 0 Å². The molecule has 6 heteroatoms. The number of fused-ring (bicyclic) bond motifs is 2. The van der Waals surface area contributed by atoms with E-state index in [0.29, 0.717) is 23.9 Å². The minimum atomic E-state index is 0.167. The lowest BCUT2D eigenvalue weighted by atomic mass is 9.69. The number of benzene rings is 1. The fraction of sp³-hybridized carbons (Fsp3) is 0.478. The van der Waals surface area contributed by atoms with Crippen LogP contribution < -0.4 is 10.1 Å². The standard InChI is InChI=1S/C23H26N4O2/c1-28-15-8-14(9-15)18-11-29-20-5-3-2-4-16(20)21(18)27-23-17-10-19(13-6-7-13)26-22(17)24-12-25-23/h2-5,10,12-15,18,21H,6-9,11H2,1H3,(H2,24,25,26,27). The van der Waals surface area contributed by atoms with Crippen molar-refractivity contribution in [3.63, 3.8) is 0 Å². The Morgan fingerprint density at radius 2 is 2.03 bits per heavy atom. The number of aromatic amines is 1. The number of aromatic nitrogens is 3. The lowest BCUT2D eigenvalue weighted by Gasteiger charge is -2.45. The van der Waals surface area contributed by atoms with Gasteiger partial charge in [0, 0.05) is 24.3 Å². The fourth-order valence-corrected chi connectivity index (χ4v) is 4.96. The van der Waals surface area contributed by atoms with Crippen LogP contribution in [0.4, 0.5) is 5.82 Å². The van der Waals surface area contributed by atoms with E-state index in [2.05, 4.69) is 44.5 Å².